The molecule has 0 aliphatic carbocycles. The molecule has 9 heteroatoms. The van der Waals surface area contributed by atoms with Crippen molar-refractivity contribution in [3.05, 3.63) is 82.4 Å². The molecule has 0 radical (unpaired) electrons. The normalized spacial score (nSPS) is 13.3. The highest BCUT2D eigenvalue weighted by molar-refractivity contribution is 6.07. The molecule has 0 atom stereocenters. The van der Waals surface area contributed by atoms with Crippen LogP contribution in [0.2, 0.25) is 0 Å². The molecule has 0 fully saturated rings. The zero-order valence-electron chi connectivity index (χ0n) is 15.8. The minimum Gasteiger partial charge on any atom is -0.308 e. The summed E-state index contributed by atoms with van der Waals surface area (Å²) < 4.78 is 0. The maximum Gasteiger partial charge on any atom is 0.323 e. The maximum absolute atomic E-state index is 12.1. The first-order valence-electron chi connectivity index (χ1n) is 9.05. The molecule has 4 amide bonds. The van der Waals surface area contributed by atoms with Crippen LogP contribution < -0.4 is 10.6 Å². The number of carbonyl (C=O) groups is 3. The Morgan fingerprint density at radius 2 is 1.80 bits per heavy atom. The zero-order valence-corrected chi connectivity index (χ0v) is 15.8. The third kappa shape index (κ3) is 5.38. The number of benzene rings is 2. The minimum atomic E-state index is -0.550. The second-order valence-electron chi connectivity index (χ2n) is 6.36. The van der Waals surface area contributed by atoms with Crippen LogP contribution in [0.15, 0.2) is 66.8 Å². The lowest BCUT2D eigenvalue weighted by molar-refractivity contribution is -0.384. The van der Waals surface area contributed by atoms with Gasteiger partial charge >= 0.3 is 6.03 Å². The number of urea groups is 1. The second kappa shape index (κ2) is 9.28. The largest absolute Gasteiger partial charge is 0.323 e. The molecule has 0 unspecified atom stereocenters. The lowest BCUT2D eigenvalue weighted by Gasteiger charge is -2.19. The predicted molar refractivity (Wildman–Crippen MR) is 112 cm³/mol. The van der Waals surface area contributed by atoms with Crippen LogP contribution in [0.25, 0.3) is 6.08 Å². The summed E-state index contributed by atoms with van der Waals surface area (Å²) in [6, 6.07) is 11.7. The summed E-state index contributed by atoms with van der Waals surface area (Å²) in [6.45, 7) is 0.362. The van der Waals surface area contributed by atoms with Crippen LogP contribution in [0.1, 0.15) is 12.0 Å². The number of anilines is 2. The fraction of sp³-hybridized carbons (Fsp3) is 0.0952. The molecule has 2 aromatic rings. The molecule has 1 aliphatic rings. The average molecular weight is 406 g/mol. The van der Waals surface area contributed by atoms with E-state index in [1.54, 1.807) is 42.5 Å². The van der Waals surface area contributed by atoms with Crippen molar-refractivity contribution in [2.75, 3.05) is 17.2 Å². The summed E-state index contributed by atoms with van der Waals surface area (Å²) in [5.41, 5.74) is 1.38. The van der Waals surface area contributed by atoms with Gasteiger partial charge in [-0.05, 0) is 42.3 Å². The first-order chi connectivity index (χ1) is 14.4. The Hall–Kier alpha value is -4.27. The van der Waals surface area contributed by atoms with Gasteiger partial charge in [0.05, 0.1) is 4.92 Å². The standard InChI is InChI=1S/C21H18N4O5/c26-19-6-1-2-13-24(19)20(27)12-9-15-7-10-16(11-8-15)22-21(28)23-17-4-3-5-18(14-17)25(29)30/h1,3-12,14H,2,13H2,(H2,22,23,28)/b12-9+. The van der Waals surface area contributed by atoms with Gasteiger partial charge in [-0.2, -0.15) is 0 Å². The SMILES string of the molecule is O=C(Nc1ccc(/C=C/C(=O)N2CCC=CC2=O)cc1)Nc1cccc([N+](=O)[O-])c1. The van der Waals surface area contributed by atoms with E-state index in [0.717, 1.165) is 0 Å². The van der Waals surface area contributed by atoms with Crippen molar-refractivity contribution in [2.45, 2.75) is 6.42 Å². The number of amides is 4. The van der Waals surface area contributed by atoms with E-state index in [0.29, 0.717) is 29.9 Å². The monoisotopic (exact) mass is 406 g/mol. The van der Waals surface area contributed by atoms with E-state index in [1.807, 2.05) is 0 Å². The highest BCUT2D eigenvalue weighted by Gasteiger charge is 2.18. The molecule has 2 N–H and O–H groups in total. The van der Waals surface area contributed by atoms with Crippen LogP contribution in [-0.2, 0) is 9.59 Å². The van der Waals surface area contributed by atoms with Crippen LogP contribution >= 0.6 is 0 Å². The van der Waals surface area contributed by atoms with Crippen LogP contribution in [0, 0.1) is 10.1 Å². The quantitative estimate of drug-likeness (QED) is 0.447. The van der Waals surface area contributed by atoms with Crippen molar-refractivity contribution in [1.29, 1.82) is 0 Å². The van der Waals surface area contributed by atoms with Crippen molar-refractivity contribution < 1.29 is 19.3 Å². The third-order valence-electron chi connectivity index (χ3n) is 4.21. The summed E-state index contributed by atoms with van der Waals surface area (Å²) in [5, 5.41) is 15.9. The Bertz CT molecular complexity index is 1040. The van der Waals surface area contributed by atoms with Gasteiger partial charge in [-0.25, -0.2) is 4.79 Å². The van der Waals surface area contributed by atoms with Crippen LogP contribution in [0.4, 0.5) is 21.9 Å². The van der Waals surface area contributed by atoms with Gasteiger partial charge in [0.25, 0.3) is 17.5 Å². The van der Waals surface area contributed by atoms with Gasteiger partial charge in [0.2, 0.25) is 0 Å². The Morgan fingerprint density at radius 1 is 1.07 bits per heavy atom. The minimum absolute atomic E-state index is 0.124. The van der Waals surface area contributed by atoms with Gasteiger partial charge in [-0.1, -0.05) is 24.3 Å². The molecular weight excluding hydrogens is 388 g/mol. The van der Waals surface area contributed by atoms with Crippen LogP contribution in [0.5, 0.6) is 0 Å². The Labute approximate surface area is 171 Å². The number of nitro groups is 1. The maximum atomic E-state index is 12.1. The molecular formula is C21H18N4O5. The van der Waals surface area contributed by atoms with E-state index >= 15 is 0 Å². The number of rotatable bonds is 5. The summed E-state index contributed by atoms with van der Waals surface area (Å²) in [5.74, 6) is -0.715. The van der Waals surface area contributed by atoms with Gasteiger partial charge in [0, 0.05) is 36.1 Å². The molecule has 2 aromatic carbocycles. The molecule has 30 heavy (non-hydrogen) atoms. The summed E-state index contributed by atoms with van der Waals surface area (Å²) in [7, 11) is 0. The topological polar surface area (TPSA) is 122 Å². The second-order valence-corrected chi connectivity index (χ2v) is 6.36. The molecule has 0 spiro atoms. The van der Waals surface area contributed by atoms with Gasteiger partial charge in [0.15, 0.2) is 0 Å². The van der Waals surface area contributed by atoms with E-state index in [9.17, 15) is 24.5 Å². The Morgan fingerprint density at radius 3 is 2.50 bits per heavy atom. The molecule has 9 nitrogen and oxygen atoms in total. The van der Waals surface area contributed by atoms with E-state index < -0.39 is 11.0 Å². The summed E-state index contributed by atoms with van der Waals surface area (Å²) in [6.07, 6.45) is 6.67. The Balaban J connectivity index is 1.56. The number of nitrogens with zero attached hydrogens (tertiary/aromatic N) is 2. The molecule has 0 saturated carbocycles. The number of carbonyl (C=O) groups excluding carboxylic acids is 3. The van der Waals surface area contributed by atoms with Crippen molar-refractivity contribution >= 4 is 41.0 Å². The summed E-state index contributed by atoms with van der Waals surface area (Å²) >= 11 is 0. The number of hydrogen-bond acceptors (Lipinski definition) is 5. The average Bonchev–Trinajstić information content (AvgIpc) is 2.73. The van der Waals surface area contributed by atoms with E-state index in [4.69, 9.17) is 0 Å². The predicted octanol–water partition coefficient (Wildman–Crippen LogP) is 3.57. The molecule has 3 rings (SSSR count). The van der Waals surface area contributed by atoms with E-state index in [1.165, 1.54) is 35.3 Å². The fourth-order valence-corrected chi connectivity index (χ4v) is 2.73. The molecule has 0 bridgehead atoms. The van der Waals surface area contributed by atoms with Gasteiger partial charge in [-0.15, -0.1) is 0 Å². The Kier molecular flexibility index (Phi) is 6.33. The zero-order chi connectivity index (χ0) is 21.5. The smallest absolute Gasteiger partial charge is 0.308 e. The van der Waals surface area contributed by atoms with Crippen LogP contribution in [-0.4, -0.2) is 34.2 Å². The third-order valence-corrected chi connectivity index (χ3v) is 4.21. The number of nitro benzene ring substituents is 1. The fourth-order valence-electron chi connectivity index (χ4n) is 2.73. The van der Waals surface area contributed by atoms with Gasteiger partial charge < -0.3 is 10.6 Å². The number of hydrogen-bond donors (Lipinski definition) is 2. The summed E-state index contributed by atoms with van der Waals surface area (Å²) in [4.78, 5) is 47.3. The number of imide groups is 1. The van der Waals surface area contributed by atoms with Crippen molar-refractivity contribution in [1.82, 2.24) is 4.90 Å². The van der Waals surface area contributed by atoms with Gasteiger partial charge in [-0.3, -0.25) is 24.6 Å². The molecule has 1 heterocycles. The number of nitrogens with one attached hydrogen (secondary N) is 2. The highest BCUT2D eigenvalue weighted by Crippen LogP contribution is 2.18. The first kappa shape index (κ1) is 20.5. The molecule has 1 aliphatic heterocycles. The van der Waals surface area contributed by atoms with Crippen molar-refractivity contribution in [3.8, 4) is 0 Å². The van der Waals surface area contributed by atoms with E-state index in [2.05, 4.69) is 10.6 Å². The first-order valence-corrected chi connectivity index (χ1v) is 9.05. The lowest BCUT2D eigenvalue weighted by atomic mass is 10.2. The lowest BCUT2D eigenvalue weighted by Crippen LogP contribution is -2.37. The molecule has 0 aromatic heterocycles. The van der Waals surface area contributed by atoms with Crippen molar-refractivity contribution in [3.63, 3.8) is 0 Å². The number of non-ortho nitro benzene ring substituents is 1. The van der Waals surface area contributed by atoms with Crippen LogP contribution in [0.3, 0.4) is 0 Å². The van der Waals surface area contributed by atoms with E-state index in [-0.39, 0.29) is 17.5 Å². The van der Waals surface area contributed by atoms with Crippen molar-refractivity contribution in [2.24, 2.45) is 0 Å². The van der Waals surface area contributed by atoms with Gasteiger partial charge in [0.1, 0.15) is 0 Å². The highest BCUT2D eigenvalue weighted by atomic mass is 16.6. The molecule has 152 valence electrons. The molecule has 0 saturated heterocycles.